The number of hydroxylamine groups is 1. The van der Waals surface area contributed by atoms with Crippen LogP contribution in [0, 0.1) is 0 Å². The third-order valence-corrected chi connectivity index (χ3v) is 3.61. The molecule has 21 heavy (non-hydrogen) atoms. The molecule has 1 aliphatic rings. The van der Waals surface area contributed by atoms with Crippen LogP contribution >= 0.6 is 0 Å². The van der Waals surface area contributed by atoms with Gasteiger partial charge in [0.1, 0.15) is 5.54 Å². The predicted molar refractivity (Wildman–Crippen MR) is 74.3 cm³/mol. The molecule has 1 fully saturated rings. The van der Waals surface area contributed by atoms with Gasteiger partial charge < -0.3 is 5.11 Å². The summed E-state index contributed by atoms with van der Waals surface area (Å²) in [6, 6.07) is 3.52. The monoisotopic (exact) mass is 291 g/mol. The van der Waals surface area contributed by atoms with E-state index in [0.29, 0.717) is 24.9 Å². The molecule has 1 heterocycles. The second kappa shape index (κ2) is 6.47. The molecular formula is C14H17N3O4. The van der Waals surface area contributed by atoms with Crippen LogP contribution in [0.5, 0.6) is 0 Å². The maximum Gasteiger partial charge on any atom is 0.323 e. The number of carbonyl (C=O) groups excluding carboxylic acids is 1. The number of nitrogens with one attached hydrogen (secondary N) is 2. The largest absolute Gasteiger partial charge is 0.480 e. The van der Waals surface area contributed by atoms with Gasteiger partial charge >= 0.3 is 5.97 Å². The first-order chi connectivity index (χ1) is 10.1. The molecule has 0 aliphatic heterocycles. The Balaban J connectivity index is 1.92. The number of aliphatic carboxylic acids is 1. The van der Waals surface area contributed by atoms with Crippen molar-refractivity contribution < 1.29 is 19.9 Å². The van der Waals surface area contributed by atoms with E-state index in [1.54, 1.807) is 18.3 Å². The van der Waals surface area contributed by atoms with Crippen LogP contribution in [-0.2, 0) is 16.1 Å². The van der Waals surface area contributed by atoms with Crippen molar-refractivity contribution in [3.05, 3.63) is 35.7 Å². The van der Waals surface area contributed by atoms with Crippen LogP contribution in [0.15, 0.2) is 24.4 Å². The lowest BCUT2D eigenvalue weighted by atomic mass is 9.77. The maximum atomic E-state index is 11.2. The standard InChI is InChI=1S/C14H17N3O4/c18-12(17-21)5-3-10-2-4-11(15-8-10)9-16-14(13(19)20)6-1-7-14/h2-5,8,16,21H,1,6-7,9H2,(H,17,18)(H,19,20). The lowest BCUT2D eigenvalue weighted by Gasteiger charge is -2.38. The molecule has 4 N–H and O–H groups in total. The number of nitrogens with zero attached hydrogens (tertiary/aromatic N) is 1. The number of carboxylic acid groups (broad SMARTS) is 1. The number of carbonyl (C=O) groups is 2. The van der Waals surface area contributed by atoms with Crippen LogP contribution in [0.4, 0.5) is 0 Å². The topological polar surface area (TPSA) is 112 Å². The molecule has 0 radical (unpaired) electrons. The lowest BCUT2D eigenvalue weighted by Crippen LogP contribution is -2.56. The molecule has 0 bridgehead atoms. The molecule has 112 valence electrons. The Morgan fingerprint density at radius 1 is 1.38 bits per heavy atom. The van der Waals surface area contributed by atoms with Gasteiger partial charge in [-0.1, -0.05) is 6.07 Å². The van der Waals surface area contributed by atoms with E-state index in [0.717, 1.165) is 12.1 Å². The molecule has 0 aromatic carbocycles. The summed E-state index contributed by atoms with van der Waals surface area (Å²) in [4.78, 5) is 26.2. The van der Waals surface area contributed by atoms with Crippen molar-refractivity contribution >= 4 is 18.0 Å². The second-order valence-electron chi connectivity index (χ2n) is 4.99. The third-order valence-electron chi connectivity index (χ3n) is 3.61. The molecule has 0 unspecified atom stereocenters. The molecule has 7 nitrogen and oxygen atoms in total. The average molecular weight is 291 g/mol. The van der Waals surface area contributed by atoms with Crippen LogP contribution < -0.4 is 10.8 Å². The smallest absolute Gasteiger partial charge is 0.323 e. The highest BCUT2D eigenvalue weighted by atomic mass is 16.5. The van der Waals surface area contributed by atoms with E-state index in [1.165, 1.54) is 17.6 Å². The van der Waals surface area contributed by atoms with E-state index in [4.69, 9.17) is 5.21 Å². The van der Waals surface area contributed by atoms with E-state index in [1.807, 2.05) is 0 Å². The first-order valence-corrected chi connectivity index (χ1v) is 6.61. The van der Waals surface area contributed by atoms with Crippen molar-refractivity contribution in [2.45, 2.75) is 31.3 Å². The zero-order chi connectivity index (χ0) is 15.3. The molecule has 1 aromatic rings. The summed E-state index contributed by atoms with van der Waals surface area (Å²) in [6.45, 7) is 0.382. The summed E-state index contributed by atoms with van der Waals surface area (Å²) < 4.78 is 0. The molecule has 1 aromatic heterocycles. The Kier molecular flexibility index (Phi) is 4.66. The summed E-state index contributed by atoms with van der Waals surface area (Å²) in [5.41, 5.74) is 2.12. The van der Waals surface area contributed by atoms with Gasteiger partial charge in [-0.2, -0.15) is 0 Å². The van der Waals surface area contributed by atoms with Crippen molar-refractivity contribution in [2.75, 3.05) is 0 Å². The number of hydrogen-bond donors (Lipinski definition) is 4. The van der Waals surface area contributed by atoms with Gasteiger partial charge in [0, 0.05) is 18.8 Å². The van der Waals surface area contributed by atoms with Gasteiger partial charge in [-0.25, -0.2) is 5.48 Å². The maximum absolute atomic E-state index is 11.2. The quantitative estimate of drug-likeness (QED) is 0.349. The van der Waals surface area contributed by atoms with Crippen molar-refractivity contribution in [1.82, 2.24) is 15.8 Å². The minimum atomic E-state index is -0.816. The van der Waals surface area contributed by atoms with Crippen LogP contribution in [0.2, 0.25) is 0 Å². The van der Waals surface area contributed by atoms with Gasteiger partial charge in [-0.3, -0.25) is 25.1 Å². The zero-order valence-electron chi connectivity index (χ0n) is 11.4. The molecule has 7 heteroatoms. The molecule has 1 aliphatic carbocycles. The van der Waals surface area contributed by atoms with Crippen LogP contribution in [0.3, 0.4) is 0 Å². The average Bonchev–Trinajstić information content (AvgIpc) is 2.44. The van der Waals surface area contributed by atoms with Gasteiger partial charge in [0.25, 0.3) is 5.91 Å². The van der Waals surface area contributed by atoms with Crippen LogP contribution in [0.1, 0.15) is 30.5 Å². The molecule has 0 atom stereocenters. The fraction of sp³-hybridized carbons (Fsp3) is 0.357. The summed E-state index contributed by atoms with van der Waals surface area (Å²) in [7, 11) is 0. The highest BCUT2D eigenvalue weighted by Gasteiger charge is 2.43. The van der Waals surface area contributed by atoms with E-state index < -0.39 is 17.4 Å². The van der Waals surface area contributed by atoms with Crippen molar-refractivity contribution in [1.29, 1.82) is 0 Å². The normalized spacial score (nSPS) is 16.4. The van der Waals surface area contributed by atoms with Gasteiger partial charge in [0.05, 0.1) is 5.69 Å². The Bertz CT molecular complexity index is 550. The Hall–Kier alpha value is -2.25. The predicted octanol–water partition coefficient (Wildman–Crippen LogP) is 0.697. The van der Waals surface area contributed by atoms with Gasteiger partial charge in [-0.05, 0) is 37.0 Å². The van der Waals surface area contributed by atoms with Crippen LogP contribution in [0.25, 0.3) is 6.08 Å². The van der Waals surface area contributed by atoms with Crippen molar-refractivity contribution in [3.63, 3.8) is 0 Å². The SMILES string of the molecule is O=C(C=Cc1ccc(CNC2(C(=O)O)CCC2)nc1)NO. The second-order valence-corrected chi connectivity index (χ2v) is 4.99. The highest BCUT2D eigenvalue weighted by molar-refractivity contribution is 5.90. The van der Waals surface area contributed by atoms with Crippen LogP contribution in [-0.4, -0.2) is 32.7 Å². The number of pyridine rings is 1. The molecule has 1 amide bonds. The van der Waals surface area contributed by atoms with Crippen molar-refractivity contribution in [2.24, 2.45) is 0 Å². The first-order valence-electron chi connectivity index (χ1n) is 6.61. The summed E-state index contributed by atoms with van der Waals surface area (Å²) >= 11 is 0. The molecular weight excluding hydrogens is 274 g/mol. The first kappa shape index (κ1) is 15.1. The summed E-state index contributed by atoms with van der Waals surface area (Å²) in [5, 5.41) is 20.6. The summed E-state index contributed by atoms with van der Waals surface area (Å²) in [5.74, 6) is -1.43. The Labute approximate surface area is 121 Å². The number of rotatable bonds is 6. The van der Waals surface area contributed by atoms with Gasteiger partial charge in [0.15, 0.2) is 0 Å². The lowest BCUT2D eigenvalue weighted by molar-refractivity contribution is -0.148. The minimum absolute atomic E-state index is 0.382. The summed E-state index contributed by atoms with van der Waals surface area (Å²) in [6.07, 6.45) is 6.47. The molecule has 2 rings (SSSR count). The highest BCUT2D eigenvalue weighted by Crippen LogP contribution is 2.32. The van der Waals surface area contributed by atoms with E-state index in [2.05, 4.69) is 10.3 Å². The molecule has 0 saturated heterocycles. The zero-order valence-corrected chi connectivity index (χ0v) is 11.4. The van der Waals surface area contributed by atoms with E-state index in [9.17, 15) is 14.7 Å². The van der Waals surface area contributed by atoms with E-state index in [-0.39, 0.29) is 0 Å². The number of hydrogen-bond acceptors (Lipinski definition) is 5. The Morgan fingerprint density at radius 2 is 2.14 bits per heavy atom. The number of amides is 1. The number of aromatic nitrogens is 1. The molecule has 1 saturated carbocycles. The fourth-order valence-corrected chi connectivity index (χ4v) is 2.10. The minimum Gasteiger partial charge on any atom is -0.480 e. The van der Waals surface area contributed by atoms with E-state index >= 15 is 0 Å². The van der Waals surface area contributed by atoms with Crippen molar-refractivity contribution in [3.8, 4) is 0 Å². The van der Waals surface area contributed by atoms with Gasteiger partial charge in [-0.15, -0.1) is 0 Å². The Morgan fingerprint density at radius 3 is 2.62 bits per heavy atom. The third kappa shape index (κ3) is 3.65. The fourth-order valence-electron chi connectivity index (χ4n) is 2.10. The van der Waals surface area contributed by atoms with Gasteiger partial charge in [0.2, 0.25) is 0 Å². The molecule has 0 spiro atoms. The number of carboxylic acids is 1.